The molecule has 110 valence electrons. The molecule has 0 heterocycles. The number of aryl methyl sites for hydroxylation is 1. The lowest BCUT2D eigenvalue weighted by molar-refractivity contribution is 0.0818. The Morgan fingerprint density at radius 1 is 1.14 bits per heavy atom. The van der Waals surface area contributed by atoms with Crippen LogP contribution in [0.25, 0.3) is 0 Å². The fourth-order valence-corrected chi connectivity index (χ4v) is 2.10. The van der Waals surface area contributed by atoms with Gasteiger partial charge in [-0.05, 0) is 55.8 Å². The molecule has 2 rings (SSSR count). The molecule has 0 fully saturated rings. The van der Waals surface area contributed by atoms with E-state index in [0.29, 0.717) is 22.1 Å². The van der Waals surface area contributed by atoms with Gasteiger partial charge in [-0.2, -0.15) is 0 Å². The van der Waals surface area contributed by atoms with E-state index in [2.05, 4.69) is 0 Å². The third-order valence-electron chi connectivity index (χ3n) is 3.13. The van der Waals surface area contributed by atoms with Crippen molar-refractivity contribution in [3.8, 4) is 11.5 Å². The second kappa shape index (κ2) is 6.64. The van der Waals surface area contributed by atoms with Crippen LogP contribution in [0, 0.1) is 6.92 Å². The molecule has 2 aromatic rings. The zero-order chi connectivity index (χ0) is 15.4. The zero-order valence-electron chi connectivity index (χ0n) is 12.2. The average Bonchev–Trinajstić information content (AvgIpc) is 2.50. The number of benzene rings is 2. The van der Waals surface area contributed by atoms with E-state index in [0.717, 1.165) is 5.56 Å². The molecule has 0 aromatic heterocycles. The SMILES string of the molecule is COc1ccc(C(=O)C(C)Oc2cc(C)ccc2Cl)cc1. The molecule has 0 N–H and O–H groups in total. The summed E-state index contributed by atoms with van der Waals surface area (Å²) in [6.07, 6.45) is -0.613. The van der Waals surface area contributed by atoms with E-state index in [4.69, 9.17) is 21.1 Å². The van der Waals surface area contributed by atoms with Gasteiger partial charge in [0.1, 0.15) is 11.5 Å². The minimum atomic E-state index is -0.613. The lowest BCUT2D eigenvalue weighted by atomic mass is 10.1. The first-order valence-corrected chi connectivity index (χ1v) is 7.00. The number of Topliss-reactive ketones (excluding diaryl/α,β-unsaturated/α-hetero) is 1. The van der Waals surface area contributed by atoms with Crippen LogP contribution >= 0.6 is 11.6 Å². The smallest absolute Gasteiger partial charge is 0.202 e. The average molecular weight is 305 g/mol. The van der Waals surface area contributed by atoms with Crippen molar-refractivity contribution in [2.45, 2.75) is 20.0 Å². The van der Waals surface area contributed by atoms with Gasteiger partial charge in [0.05, 0.1) is 12.1 Å². The van der Waals surface area contributed by atoms with Crippen molar-refractivity contribution in [2.75, 3.05) is 7.11 Å². The van der Waals surface area contributed by atoms with E-state index in [1.807, 2.05) is 19.1 Å². The lowest BCUT2D eigenvalue weighted by Gasteiger charge is -2.15. The Hall–Kier alpha value is -2.00. The fraction of sp³-hybridized carbons (Fsp3) is 0.235. The van der Waals surface area contributed by atoms with E-state index >= 15 is 0 Å². The Labute approximate surface area is 129 Å². The fourth-order valence-electron chi connectivity index (χ4n) is 1.93. The summed E-state index contributed by atoms with van der Waals surface area (Å²) in [5.41, 5.74) is 1.60. The Morgan fingerprint density at radius 2 is 1.81 bits per heavy atom. The molecule has 0 saturated heterocycles. The van der Waals surface area contributed by atoms with Crippen molar-refractivity contribution in [1.82, 2.24) is 0 Å². The van der Waals surface area contributed by atoms with Crippen molar-refractivity contribution < 1.29 is 14.3 Å². The molecule has 0 amide bonds. The van der Waals surface area contributed by atoms with Crippen molar-refractivity contribution in [3.63, 3.8) is 0 Å². The second-order valence-corrected chi connectivity index (χ2v) is 5.19. The molecule has 4 heteroatoms. The Morgan fingerprint density at radius 3 is 2.43 bits per heavy atom. The number of ether oxygens (including phenoxy) is 2. The Bertz CT molecular complexity index is 635. The maximum Gasteiger partial charge on any atom is 0.202 e. The molecule has 1 atom stereocenters. The van der Waals surface area contributed by atoms with Crippen LogP contribution in [0.4, 0.5) is 0 Å². The Kier molecular flexibility index (Phi) is 4.86. The van der Waals surface area contributed by atoms with Gasteiger partial charge < -0.3 is 9.47 Å². The molecule has 21 heavy (non-hydrogen) atoms. The normalized spacial score (nSPS) is 11.8. The van der Waals surface area contributed by atoms with Crippen molar-refractivity contribution in [1.29, 1.82) is 0 Å². The highest BCUT2D eigenvalue weighted by molar-refractivity contribution is 6.32. The first-order valence-electron chi connectivity index (χ1n) is 6.62. The first kappa shape index (κ1) is 15.4. The second-order valence-electron chi connectivity index (χ2n) is 4.79. The van der Waals surface area contributed by atoms with Crippen LogP contribution in [0.5, 0.6) is 11.5 Å². The molecule has 0 spiro atoms. The van der Waals surface area contributed by atoms with Gasteiger partial charge in [0.15, 0.2) is 6.10 Å². The maximum absolute atomic E-state index is 12.3. The van der Waals surface area contributed by atoms with Crippen molar-refractivity contribution in [2.24, 2.45) is 0 Å². The number of hydrogen-bond donors (Lipinski definition) is 0. The standard InChI is InChI=1S/C17H17ClO3/c1-11-4-9-15(18)16(10-11)21-12(2)17(19)13-5-7-14(20-3)8-6-13/h4-10,12H,1-3H3. The molecule has 0 aliphatic carbocycles. The summed E-state index contributed by atoms with van der Waals surface area (Å²) in [7, 11) is 1.59. The molecule has 2 aromatic carbocycles. The van der Waals surface area contributed by atoms with Gasteiger partial charge in [-0.1, -0.05) is 17.7 Å². The number of hydrogen-bond acceptors (Lipinski definition) is 3. The highest BCUT2D eigenvalue weighted by Gasteiger charge is 2.18. The van der Waals surface area contributed by atoms with Crippen molar-refractivity contribution >= 4 is 17.4 Å². The number of rotatable bonds is 5. The maximum atomic E-state index is 12.3. The predicted molar refractivity (Wildman–Crippen MR) is 83.6 cm³/mol. The third-order valence-corrected chi connectivity index (χ3v) is 3.45. The van der Waals surface area contributed by atoms with Gasteiger partial charge in [0.2, 0.25) is 5.78 Å². The first-order chi connectivity index (χ1) is 10.0. The van der Waals surface area contributed by atoms with Crippen LogP contribution in [0.1, 0.15) is 22.8 Å². The molecular weight excluding hydrogens is 288 g/mol. The highest BCUT2D eigenvalue weighted by atomic mass is 35.5. The van der Waals surface area contributed by atoms with Crippen LogP contribution < -0.4 is 9.47 Å². The summed E-state index contributed by atoms with van der Waals surface area (Å²) in [5, 5.41) is 0.495. The van der Waals surface area contributed by atoms with Crippen LogP contribution in [0.15, 0.2) is 42.5 Å². The molecular formula is C17H17ClO3. The minimum Gasteiger partial charge on any atom is -0.497 e. The molecule has 1 unspecified atom stereocenters. The van der Waals surface area contributed by atoms with Crippen LogP contribution in [-0.2, 0) is 0 Å². The molecule has 0 radical (unpaired) electrons. The van der Waals surface area contributed by atoms with Gasteiger partial charge in [-0.25, -0.2) is 0 Å². The number of halogens is 1. The van der Waals surface area contributed by atoms with Gasteiger partial charge in [0.25, 0.3) is 0 Å². The van der Waals surface area contributed by atoms with Gasteiger partial charge in [-0.3, -0.25) is 4.79 Å². The number of ketones is 1. The predicted octanol–water partition coefficient (Wildman–Crippen LogP) is 4.31. The molecule has 0 aliphatic rings. The van der Waals surface area contributed by atoms with E-state index in [9.17, 15) is 4.79 Å². The summed E-state index contributed by atoms with van der Waals surface area (Å²) in [5.74, 6) is 1.13. The van der Waals surface area contributed by atoms with Gasteiger partial charge >= 0.3 is 0 Å². The van der Waals surface area contributed by atoms with E-state index in [1.54, 1.807) is 44.4 Å². The summed E-state index contributed by atoms with van der Waals surface area (Å²) in [6, 6.07) is 12.4. The molecule has 3 nitrogen and oxygen atoms in total. The van der Waals surface area contributed by atoms with E-state index in [-0.39, 0.29) is 5.78 Å². The van der Waals surface area contributed by atoms with Gasteiger partial charge in [-0.15, -0.1) is 0 Å². The number of carbonyl (C=O) groups excluding carboxylic acids is 1. The third kappa shape index (κ3) is 3.76. The molecule has 0 aliphatic heterocycles. The van der Waals surface area contributed by atoms with Crippen LogP contribution in [0.3, 0.4) is 0 Å². The van der Waals surface area contributed by atoms with Gasteiger partial charge in [0, 0.05) is 5.56 Å². The van der Waals surface area contributed by atoms with E-state index in [1.165, 1.54) is 0 Å². The lowest BCUT2D eigenvalue weighted by Crippen LogP contribution is -2.24. The topological polar surface area (TPSA) is 35.5 Å². The number of carbonyl (C=O) groups is 1. The number of methoxy groups -OCH3 is 1. The minimum absolute atomic E-state index is 0.102. The van der Waals surface area contributed by atoms with Crippen molar-refractivity contribution in [3.05, 3.63) is 58.6 Å². The van der Waals surface area contributed by atoms with Crippen LogP contribution in [-0.4, -0.2) is 19.0 Å². The molecule has 0 bridgehead atoms. The van der Waals surface area contributed by atoms with Crippen LogP contribution in [0.2, 0.25) is 5.02 Å². The Balaban J connectivity index is 2.13. The summed E-state index contributed by atoms with van der Waals surface area (Å²) in [6.45, 7) is 3.66. The molecule has 0 saturated carbocycles. The largest absolute Gasteiger partial charge is 0.497 e. The summed E-state index contributed by atoms with van der Waals surface area (Å²) in [4.78, 5) is 12.3. The van der Waals surface area contributed by atoms with E-state index < -0.39 is 6.10 Å². The quantitative estimate of drug-likeness (QED) is 0.772. The highest BCUT2D eigenvalue weighted by Crippen LogP contribution is 2.27. The summed E-state index contributed by atoms with van der Waals surface area (Å²) < 4.78 is 10.8. The zero-order valence-corrected chi connectivity index (χ0v) is 13.0. The monoisotopic (exact) mass is 304 g/mol. The summed E-state index contributed by atoms with van der Waals surface area (Å²) >= 11 is 6.08.